The molecule has 2 rings (SSSR count). The van der Waals surface area contributed by atoms with Crippen molar-refractivity contribution in [2.45, 2.75) is 25.3 Å². The number of hydrogen-bond donors (Lipinski definition) is 1. The van der Waals surface area contributed by atoms with Crippen molar-refractivity contribution < 1.29 is 31.1 Å². The molecule has 23 heavy (non-hydrogen) atoms. The van der Waals surface area contributed by atoms with Crippen LogP contribution in [-0.2, 0) is 12.4 Å². The Kier molecular flexibility index (Phi) is 4.61. The van der Waals surface area contributed by atoms with Crippen LogP contribution in [0, 0.1) is 0 Å². The zero-order valence-corrected chi connectivity index (χ0v) is 12.1. The summed E-state index contributed by atoms with van der Waals surface area (Å²) in [6, 6.07) is 0.622. The first-order chi connectivity index (χ1) is 10.5. The molecule has 1 heterocycles. The average molecular weight is 340 g/mol. The van der Waals surface area contributed by atoms with Crippen LogP contribution in [0.5, 0.6) is 0 Å². The van der Waals surface area contributed by atoms with E-state index in [1.54, 1.807) is 6.92 Å². The van der Waals surface area contributed by atoms with Gasteiger partial charge in [-0.15, -0.1) is 0 Å². The SMILES string of the molecule is C[C@@H]1CNCCN1C(=O)c1cc(C(F)(F)F)cc(C(F)(F)F)c1. The van der Waals surface area contributed by atoms with Crippen molar-refractivity contribution in [1.82, 2.24) is 10.2 Å². The summed E-state index contributed by atoms with van der Waals surface area (Å²) in [5.74, 6) is -0.837. The van der Waals surface area contributed by atoms with Crippen molar-refractivity contribution in [2.24, 2.45) is 0 Å². The number of carbonyl (C=O) groups excluding carboxylic acids is 1. The van der Waals surface area contributed by atoms with E-state index in [4.69, 9.17) is 0 Å². The van der Waals surface area contributed by atoms with Gasteiger partial charge in [-0.2, -0.15) is 26.3 Å². The van der Waals surface area contributed by atoms with E-state index < -0.39 is 35.0 Å². The molecule has 9 heteroatoms. The Morgan fingerprint density at radius 2 is 1.61 bits per heavy atom. The second-order valence-corrected chi connectivity index (χ2v) is 5.35. The average Bonchev–Trinajstić information content (AvgIpc) is 2.45. The van der Waals surface area contributed by atoms with Crippen LogP contribution in [0.25, 0.3) is 0 Å². The van der Waals surface area contributed by atoms with Gasteiger partial charge in [0.15, 0.2) is 0 Å². The highest BCUT2D eigenvalue weighted by Crippen LogP contribution is 2.36. The Hall–Kier alpha value is -1.77. The molecule has 1 aliphatic rings. The van der Waals surface area contributed by atoms with E-state index in [1.807, 2.05) is 0 Å². The number of amides is 1. The highest BCUT2D eigenvalue weighted by atomic mass is 19.4. The molecule has 1 N–H and O–H groups in total. The quantitative estimate of drug-likeness (QED) is 0.797. The van der Waals surface area contributed by atoms with Crippen molar-refractivity contribution in [2.75, 3.05) is 19.6 Å². The van der Waals surface area contributed by atoms with Gasteiger partial charge < -0.3 is 10.2 Å². The summed E-state index contributed by atoms with van der Waals surface area (Å²) in [5, 5.41) is 2.99. The molecule has 1 aromatic rings. The molecule has 1 fully saturated rings. The van der Waals surface area contributed by atoms with Crippen LogP contribution in [0.15, 0.2) is 18.2 Å². The van der Waals surface area contributed by atoms with Crippen LogP contribution in [-0.4, -0.2) is 36.5 Å². The fraction of sp³-hybridized carbons (Fsp3) is 0.500. The second-order valence-electron chi connectivity index (χ2n) is 5.35. The Balaban J connectivity index is 2.46. The number of halogens is 6. The van der Waals surface area contributed by atoms with Crippen LogP contribution in [0.4, 0.5) is 26.3 Å². The van der Waals surface area contributed by atoms with E-state index in [9.17, 15) is 31.1 Å². The number of hydrogen-bond acceptors (Lipinski definition) is 2. The van der Waals surface area contributed by atoms with Crippen molar-refractivity contribution in [3.05, 3.63) is 34.9 Å². The minimum Gasteiger partial charge on any atom is -0.333 e. The molecule has 0 aliphatic carbocycles. The molecule has 0 aromatic heterocycles. The predicted molar refractivity (Wildman–Crippen MR) is 69.8 cm³/mol. The Morgan fingerprint density at radius 1 is 1.09 bits per heavy atom. The molecule has 0 saturated carbocycles. The number of benzene rings is 1. The third-order valence-electron chi connectivity index (χ3n) is 3.60. The largest absolute Gasteiger partial charge is 0.416 e. The molecular formula is C14H14F6N2O. The van der Waals surface area contributed by atoms with Crippen molar-refractivity contribution in [1.29, 1.82) is 0 Å². The van der Waals surface area contributed by atoms with Gasteiger partial charge in [-0.05, 0) is 25.1 Å². The third kappa shape index (κ3) is 3.95. The first-order valence-electron chi connectivity index (χ1n) is 6.81. The highest BCUT2D eigenvalue weighted by molar-refractivity contribution is 5.95. The Labute approximate surface area is 128 Å². The number of alkyl halides is 6. The fourth-order valence-corrected chi connectivity index (χ4v) is 2.39. The molecule has 1 amide bonds. The summed E-state index contributed by atoms with van der Waals surface area (Å²) in [5.41, 5.74) is -3.59. The Morgan fingerprint density at radius 3 is 2.04 bits per heavy atom. The molecule has 3 nitrogen and oxygen atoms in total. The molecule has 128 valence electrons. The number of piperazine rings is 1. The van der Waals surface area contributed by atoms with Crippen LogP contribution in [0.3, 0.4) is 0 Å². The molecule has 0 spiro atoms. The number of rotatable bonds is 1. The number of nitrogens with zero attached hydrogens (tertiary/aromatic N) is 1. The summed E-state index contributed by atoms with van der Waals surface area (Å²) < 4.78 is 76.9. The van der Waals surface area contributed by atoms with Gasteiger partial charge in [0, 0.05) is 31.2 Å². The minimum absolute atomic E-state index is 0.0119. The minimum atomic E-state index is -4.97. The fourth-order valence-electron chi connectivity index (χ4n) is 2.39. The summed E-state index contributed by atoms with van der Waals surface area (Å²) in [6.45, 7) is 2.75. The summed E-state index contributed by atoms with van der Waals surface area (Å²) in [7, 11) is 0. The topological polar surface area (TPSA) is 32.3 Å². The van der Waals surface area contributed by atoms with Gasteiger partial charge in [0.25, 0.3) is 5.91 Å². The normalized spacial score (nSPS) is 19.8. The molecule has 1 aliphatic heterocycles. The van der Waals surface area contributed by atoms with Crippen molar-refractivity contribution in [3.8, 4) is 0 Å². The lowest BCUT2D eigenvalue weighted by Crippen LogP contribution is -2.52. The zero-order chi connectivity index (χ0) is 17.4. The number of carbonyl (C=O) groups is 1. The first kappa shape index (κ1) is 17.6. The van der Waals surface area contributed by atoms with Crippen molar-refractivity contribution >= 4 is 5.91 Å². The number of nitrogens with one attached hydrogen (secondary N) is 1. The van der Waals surface area contributed by atoms with Gasteiger partial charge in [-0.3, -0.25) is 4.79 Å². The van der Waals surface area contributed by atoms with Gasteiger partial charge in [0.1, 0.15) is 0 Å². The summed E-state index contributed by atoms with van der Waals surface area (Å²) >= 11 is 0. The molecule has 1 atom stereocenters. The lowest BCUT2D eigenvalue weighted by Gasteiger charge is -2.34. The lowest BCUT2D eigenvalue weighted by molar-refractivity contribution is -0.143. The van der Waals surface area contributed by atoms with Gasteiger partial charge in [0.05, 0.1) is 11.1 Å². The van der Waals surface area contributed by atoms with E-state index in [1.165, 1.54) is 4.90 Å². The van der Waals surface area contributed by atoms with Gasteiger partial charge in [-0.1, -0.05) is 0 Å². The van der Waals surface area contributed by atoms with Crippen LogP contribution < -0.4 is 5.32 Å². The van der Waals surface area contributed by atoms with E-state index in [-0.39, 0.29) is 18.7 Å². The molecule has 0 unspecified atom stereocenters. The highest BCUT2D eigenvalue weighted by Gasteiger charge is 2.38. The van der Waals surface area contributed by atoms with Gasteiger partial charge >= 0.3 is 12.4 Å². The third-order valence-corrected chi connectivity index (χ3v) is 3.60. The second kappa shape index (κ2) is 6.03. The maximum Gasteiger partial charge on any atom is 0.416 e. The molecule has 1 saturated heterocycles. The van der Waals surface area contributed by atoms with Crippen LogP contribution >= 0.6 is 0 Å². The van der Waals surface area contributed by atoms with Gasteiger partial charge in [-0.25, -0.2) is 0 Å². The van der Waals surface area contributed by atoms with E-state index in [2.05, 4.69) is 5.32 Å². The monoisotopic (exact) mass is 340 g/mol. The maximum atomic E-state index is 12.8. The molecule has 0 radical (unpaired) electrons. The lowest BCUT2D eigenvalue weighted by atomic mass is 10.0. The molecular weight excluding hydrogens is 326 g/mol. The Bertz CT molecular complexity index is 564. The van der Waals surface area contributed by atoms with Crippen molar-refractivity contribution in [3.63, 3.8) is 0 Å². The van der Waals surface area contributed by atoms with Crippen LogP contribution in [0.2, 0.25) is 0 Å². The van der Waals surface area contributed by atoms with E-state index in [0.717, 1.165) is 0 Å². The molecule has 1 aromatic carbocycles. The summed E-state index contributed by atoms with van der Waals surface area (Å²) in [4.78, 5) is 13.6. The predicted octanol–water partition coefficient (Wildman–Crippen LogP) is 3.16. The summed E-state index contributed by atoms with van der Waals surface area (Å²) in [6.07, 6.45) is -9.93. The smallest absolute Gasteiger partial charge is 0.333 e. The maximum absolute atomic E-state index is 12.8. The van der Waals surface area contributed by atoms with E-state index >= 15 is 0 Å². The van der Waals surface area contributed by atoms with Crippen LogP contribution in [0.1, 0.15) is 28.4 Å². The van der Waals surface area contributed by atoms with E-state index in [0.29, 0.717) is 25.2 Å². The molecule has 0 bridgehead atoms. The van der Waals surface area contributed by atoms with Gasteiger partial charge in [0.2, 0.25) is 0 Å². The first-order valence-corrected chi connectivity index (χ1v) is 6.81. The standard InChI is InChI=1S/C14H14F6N2O/c1-8-7-21-2-3-22(8)12(23)9-4-10(13(15,16)17)6-11(5-9)14(18,19)20/h4-6,8,21H,2-3,7H2,1H3/t8-/m1/s1. The zero-order valence-electron chi connectivity index (χ0n) is 12.1.